The summed E-state index contributed by atoms with van der Waals surface area (Å²) in [6, 6.07) is 4.11. The molecule has 0 fully saturated rings. The second kappa shape index (κ2) is 5.87. The molecule has 1 aromatic carbocycles. The molecule has 0 aliphatic heterocycles. The van der Waals surface area contributed by atoms with Crippen LogP contribution in [0.3, 0.4) is 0 Å². The Bertz CT molecular complexity index is 350. The van der Waals surface area contributed by atoms with Gasteiger partial charge in [0.2, 0.25) is 0 Å². The van der Waals surface area contributed by atoms with E-state index in [1.54, 1.807) is 0 Å². The Kier molecular flexibility index (Phi) is 4.77. The molecular weight excluding hydrogens is 202 g/mol. The third kappa shape index (κ3) is 3.22. The van der Waals surface area contributed by atoms with Gasteiger partial charge in [0.15, 0.2) is 0 Å². The number of benzene rings is 1. The number of rotatable bonds is 5. The standard InChI is InChI=1S/C13H21NO2/c1-9-4-5-10(2)13(11(9)3)16-8-12(15)6-7-14/h4-5,12,15H,6-8,14H2,1-3H3. The molecule has 0 spiro atoms. The van der Waals surface area contributed by atoms with Crippen LogP contribution < -0.4 is 10.5 Å². The van der Waals surface area contributed by atoms with Gasteiger partial charge in [0.25, 0.3) is 0 Å². The maximum atomic E-state index is 9.56. The number of aryl methyl sites for hydroxylation is 2. The Labute approximate surface area is 97.2 Å². The van der Waals surface area contributed by atoms with Crippen molar-refractivity contribution in [2.45, 2.75) is 33.3 Å². The lowest BCUT2D eigenvalue weighted by Crippen LogP contribution is -2.21. The lowest BCUT2D eigenvalue weighted by molar-refractivity contribution is 0.101. The van der Waals surface area contributed by atoms with Gasteiger partial charge in [0, 0.05) is 0 Å². The maximum Gasteiger partial charge on any atom is 0.125 e. The smallest absolute Gasteiger partial charge is 0.125 e. The van der Waals surface area contributed by atoms with E-state index in [0.29, 0.717) is 19.6 Å². The highest BCUT2D eigenvalue weighted by molar-refractivity contribution is 5.44. The molecule has 0 bridgehead atoms. The minimum atomic E-state index is -0.482. The van der Waals surface area contributed by atoms with E-state index in [1.807, 2.05) is 19.9 Å². The lowest BCUT2D eigenvalue weighted by Gasteiger charge is -2.16. The van der Waals surface area contributed by atoms with E-state index < -0.39 is 6.10 Å². The molecule has 0 saturated carbocycles. The van der Waals surface area contributed by atoms with Gasteiger partial charge in [-0.25, -0.2) is 0 Å². The molecule has 0 aliphatic rings. The summed E-state index contributed by atoms with van der Waals surface area (Å²) in [5.74, 6) is 0.885. The number of nitrogens with two attached hydrogens (primary N) is 1. The van der Waals surface area contributed by atoms with E-state index in [9.17, 15) is 5.11 Å². The van der Waals surface area contributed by atoms with Crippen LogP contribution in [0.5, 0.6) is 5.75 Å². The van der Waals surface area contributed by atoms with Gasteiger partial charge in [0.05, 0.1) is 6.10 Å². The molecule has 0 aliphatic carbocycles. The number of aliphatic hydroxyl groups excluding tert-OH is 1. The zero-order chi connectivity index (χ0) is 12.1. The number of aliphatic hydroxyl groups is 1. The summed E-state index contributed by atoms with van der Waals surface area (Å²) in [6.45, 7) is 6.89. The Morgan fingerprint density at radius 2 is 1.88 bits per heavy atom. The zero-order valence-electron chi connectivity index (χ0n) is 10.3. The topological polar surface area (TPSA) is 55.5 Å². The second-order valence-corrected chi connectivity index (χ2v) is 4.20. The Morgan fingerprint density at radius 3 is 2.50 bits per heavy atom. The normalized spacial score (nSPS) is 12.6. The monoisotopic (exact) mass is 223 g/mol. The minimum absolute atomic E-state index is 0.308. The second-order valence-electron chi connectivity index (χ2n) is 4.20. The summed E-state index contributed by atoms with van der Waals surface area (Å²) in [4.78, 5) is 0. The molecule has 1 atom stereocenters. The maximum absolute atomic E-state index is 9.56. The first kappa shape index (κ1) is 13.0. The molecular formula is C13H21NO2. The van der Waals surface area contributed by atoms with E-state index in [-0.39, 0.29) is 0 Å². The van der Waals surface area contributed by atoms with Crippen molar-refractivity contribution in [3.63, 3.8) is 0 Å². The predicted octanol–water partition coefficient (Wildman–Crippen LogP) is 1.70. The highest BCUT2D eigenvalue weighted by Crippen LogP contribution is 2.25. The highest BCUT2D eigenvalue weighted by atomic mass is 16.5. The van der Waals surface area contributed by atoms with Crippen molar-refractivity contribution in [2.24, 2.45) is 5.73 Å². The van der Waals surface area contributed by atoms with Crippen molar-refractivity contribution < 1.29 is 9.84 Å². The molecule has 90 valence electrons. The van der Waals surface area contributed by atoms with Crippen LogP contribution in [-0.4, -0.2) is 24.4 Å². The van der Waals surface area contributed by atoms with Crippen LogP contribution in [0.1, 0.15) is 23.1 Å². The molecule has 1 unspecified atom stereocenters. The van der Waals surface area contributed by atoms with Crippen molar-refractivity contribution in [2.75, 3.05) is 13.2 Å². The third-order valence-electron chi connectivity index (χ3n) is 2.79. The van der Waals surface area contributed by atoms with Gasteiger partial charge in [-0.15, -0.1) is 0 Å². The highest BCUT2D eigenvalue weighted by Gasteiger charge is 2.09. The summed E-state index contributed by atoms with van der Waals surface area (Å²) >= 11 is 0. The summed E-state index contributed by atoms with van der Waals surface area (Å²) < 4.78 is 5.66. The number of ether oxygens (including phenoxy) is 1. The summed E-state index contributed by atoms with van der Waals surface area (Å²) in [5.41, 5.74) is 8.81. The van der Waals surface area contributed by atoms with Gasteiger partial charge >= 0.3 is 0 Å². The Balaban J connectivity index is 2.70. The Morgan fingerprint density at radius 1 is 1.25 bits per heavy atom. The van der Waals surface area contributed by atoms with Gasteiger partial charge in [-0.05, 0) is 50.4 Å². The van der Waals surface area contributed by atoms with Crippen LogP contribution in [0.2, 0.25) is 0 Å². The average molecular weight is 223 g/mol. The SMILES string of the molecule is Cc1ccc(C)c(OCC(O)CCN)c1C. The summed E-state index contributed by atoms with van der Waals surface area (Å²) in [7, 11) is 0. The van der Waals surface area contributed by atoms with Crippen LogP contribution in [0, 0.1) is 20.8 Å². The molecule has 0 amide bonds. The molecule has 0 saturated heterocycles. The molecule has 3 nitrogen and oxygen atoms in total. The fourth-order valence-corrected chi connectivity index (χ4v) is 1.60. The van der Waals surface area contributed by atoms with Gasteiger partial charge < -0.3 is 15.6 Å². The van der Waals surface area contributed by atoms with Gasteiger partial charge in [-0.2, -0.15) is 0 Å². The molecule has 3 N–H and O–H groups in total. The zero-order valence-corrected chi connectivity index (χ0v) is 10.3. The number of hydrogen-bond acceptors (Lipinski definition) is 3. The van der Waals surface area contributed by atoms with Crippen molar-refractivity contribution in [3.8, 4) is 5.75 Å². The first-order valence-corrected chi connectivity index (χ1v) is 5.64. The van der Waals surface area contributed by atoms with Crippen LogP contribution >= 0.6 is 0 Å². The predicted molar refractivity (Wildman–Crippen MR) is 65.8 cm³/mol. The van der Waals surface area contributed by atoms with Gasteiger partial charge in [-0.3, -0.25) is 0 Å². The number of hydrogen-bond donors (Lipinski definition) is 2. The van der Waals surface area contributed by atoms with Crippen LogP contribution in [0.25, 0.3) is 0 Å². The third-order valence-corrected chi connectivity index (χ3v) is 2.79. The van der Waals surface area contributed by atoms with Crippen LogP contribution in [-0.2, 0) is 0 Å². The van der Waals surface area contributed by atoms with Crippen molar-refractivity contribution >= 4 is 0 Å². The fourth-order valence-electron chi connectivity index (χ4n) is 1.60. The first-order chi connectivity index (χ1) is 7.56. The molecule has 1 rings (SSSR count). The molecule has 0 heterocycles. The Hall–Kier alpha value is -1.06. The van der Waals surface area contributed by atoms with Gasteiger partial charge in [0.1, 0.15) is 12.4 Å². The lowest BCUT2D eigenvalue weighted by atomic mass is 10.1. The van der Waals surface area contributed by atoms with E-state index in [4.69, 9.17) is 10.5 Å². The average Bonchev–Trinajstić information content (AvgIpc) is 2.24. The van der Waals surface area contributed by atoms with Crippen LogP contribution in [0.15, 0.2) is 12.1 Å². The largest absolute Gasteiger partial charge is 0.490 e. The summed E-state index contributed by atoms with van der Waals surface area (Å²) in [6.07, 6.45) is 0.0912. The minimum Gasteiger partial charge on any atom is -0.490 e. The van der Waals surface area contributed by atoms with E-state index >= 15 is 0 Å². The van der Waals surface area contributed by atoms with Crippen molar-refractivity contribution in [1.82, 2.24) is 0 Å². The molecule has 0 radical (unpaired) electrons. The van der Waals surface area contributed by atoms with Crippen molar-refractivity contribution in [1.29, 1.82) is 0 Å². The van der Waals surface area contributed by atoms with Gasteiger partial charge in [-0.1, -0.05) is 12.1 Å². The molecule has 1 aromatic rings. The fraction of sp³-hybridized carbons (Fsp3) is 0.538. The molecule has 3 heteroatoms. The van der Waals surface area contributed by atoms with E-state index in [2.05, 4.69) is 13.0 Å². The first-order valence-electron chi connectivity index (χ1n) is 5.64. The quantitative estimate of drug-likeness (QED) is 0.799. The molecule has 0 aromatic heterocycles. The van der Waals surface area contributed by atoms with Crippen molar-refractivity contribution in [3.05, 3.63) is 28.8 Å². The van der Waals surface area contributed by atoms with Crippen LogP contribution in [0.4, 0.5) is 0 Å². The van der Waals surface area contributed by atoms with E-state index in [0.717, 1.165) is 16.9 Å². The van der Waals surface area contributed by atoms with E-state index in [1.165, 1.54) is 5.56 Å². The molecule has 16 heavy (non-hydrogen) atoms. The summed E-state index contributed by atoms with van der Waals surface area (Å²) in [5, 5.41) is 9.56.